The number of morpholine rings is 1. The number of hydrogen-bond donors (Lipinski definition) is 1. The number of carbonyl (C=O) groups excluding carboxylic acids is 1. The monoisotopic (exact) mass is 228 g/mol. The second kappa shape index (κ2) is 5.61. The lowest BCUT2D eigenvalue weighted by Crippen LogP contribution is -2.52. The zero-order valence-corrected chi connectivity index (χ0v) is 9.56. The molecule has 2 unspecified atom stereocenters. The largest absolute Gasteiger partial charge is 0.378 e. The minimum Gasteiger partial charge on any atom is -0.378 e. The maximum atomic E-state index is 12.1. The zero-order chi connectivity index (χ0) is 11.4. The molecule has 2 rings (SSSR count). The molecule has 5 nitrogen and oxygen atoms in total. The van der Waals surface area contributed by atoms with Gasteiger partial charge in [0.2, 0.25) is 5.91 Å². The summed E-state index contributed by atoms with van der Waals surface area (Å²) in [6.45, 7) is 3.10. The van der Waals surface area contributed by atoms with E-state index in [2.05, 4.69) is 0 Å². The van der Waals surface area contributed by atoms with E-state index in [1.165, 1.54) is 0 Å². The van der Waals surface area contributed by atoms with E-state index in [4.69, 9.17) is 15.2 Å². The van der Waals surface area contributed by atoms with Gasteiger partial charge in [-0.15, -0.1) is 0 Å². The normalized spacial score (nSPS) is 30.7. The summed E-state index contributed by atoms with van der Waals surface area (Å²) in [5.74, 6) is 0.158. The molecule has 0 bridgehead atoms. The van der Waals surface area contributed by atoms with Crippen molar-refractivity contribution in [2.75, 3.05) is 32.9 Å². The van der Waals surface area contributed by atoms with Gasteiger partial charge in [-0.3, -0.25) is 4.79 Å². The lowest BCUT2D eigenvalue weighted by molar-refractivity contribution is -0.141. The summed E-state index contributed by atoms with van der Waals surface area (Å²) >= 11 is 0. The molecule has 5 heteroatoms. The molecule has 0 spiro atoms. The Balaban J connectivity index is 1.86. The molecule has 92 valence electrons. The van der Waals surface area contributed by atoms with Crippen molar-refractivity contribution in [1.29, 1.82) is 0 Å². The third-order valence-corrected chi connectivity index (χ3v) is 3.25. The van der Waals surface area contributed by atoms with Crippen LogP contribution in [0.4, 0.5) is 0 Å². The third-order valence-electron chi connectivity index (χ3n) is 3.25. The Morgan fingerprint density at radius 3 is 3.00 bits per heavy atom. The summed E-state index contributed by atoms with van der Waals surface area (Å²) in [4.78, 5) is 13.9. The van der Waals surface area contributed by atoms with E-state index < -0.39 is 0 Å². The number of nitrogens with two attached hydrogens (primary N) is 1. The van der Waals surface area contributed by atoms with Gasteiger partial charge in [0, 0.05) is 19.7 Å². The van der Waals surface area contributed by atoms with Crippen LogP contribution in [-0.2, 0) is 14.3 Å². The minimum absolute atomic E-state index is 0.0441. The van der Waals surface area contributed by atoms with Crippen LogP contribution in [0, 0.1) is 0 Å². The molecule has 0 aromatic carbocycles. The topological polar surface area (TPSA) is 64.8 Å². The van der Waals surface area contributed by atoms with Crippen molar-refractivity contribution in [2.45, 2.75) is 31.4 Å². The Bertz CT molecular complexity index is 241. The van der Waals surface area contributed by atoms with E-state index in [0.29, 0.717) is 32.7 Å². The molecular weight excluding hydrogens is 208 g/mol. The smallest absolute Gasteiger partial charge is 0.225 e. The van der Waals surface area contributed by atoms with Gasteiger partial charge in [-0.25, -0.2) is 0 Å². The zero-order valence-electron chi connectivity index (χ0n) is 9.56. The summed E-state index contributed by atoms with van der Waals surface area (Å²) in [6.07, 6.45) is 2.69. The maximum absolute atomic E-state index is 12.1. The first-order chi connectivity index (χ1) is 7.81. The number of carbonyl (C=O) groups is 1. The summed E-state index contributed by atoms with van der Waals surface area (Å²) < 4.78 is 10.8. The molecule has 0 radical (unpaired) electrons. The van der Waals surface area contributed by atoms with Crippen molar-refractivity contribution in [1.82, 2.24) is 4.90 Å². The maximum Gasteiger partial charge on any atom is 0.225 e. The standard InChI is InChI=1S/C11H20N2O3/c12-7-9-8-15-5-3-13(9)11(14)6-10-2-1-4-16-10/h9-10H,1-8,12H2. The van der Waals surface area contributed by atoms with E-state index in [0.717, 1.165) is 19.4 Å². The van der Waals surface area contributed by atoms with E-state index in [9.17, 15) is 4.79 Å². The summed E-state index contributed by atoms with van der Waals surface area (Å²) in [5, 5.41) is 0. The van der Waals surface area contributed by atoms with Gasteiger partial charge < -0.3 is 20.1 Å². The van der Waals surface area contributed by atoms with E-state index in [1.54, 1.807) is 0 Å². The van der Waals surface area contributed by atoms with Crippen molar-refractivity contribution in [3.05, 3.63) is 0 Å². The van der Waals surface area contributed by atoms with Crippen LogP contribution >= 0.6 is 0 Å². The predicted molar refractivity (Wildman–Crippen MR) is 59.0 cm³/mol. The molecule has 2 aliphatic heterocycles. The van der Waals surface area contributed by atoms with Gasteiger partial charge in [0.15, 0.2) is 0 Å². The molecule has 2 N–H and O–H groups in total. The van der Waals surface area contributed by atoms with Gasteiger partial charge in [0.25, 0.3) is 0 Å². The SMILES string of the molecule is NCC1COCCN1C(=O)CC1CCCO1. The van der Waals surface area contributed by atoms with Crippen LogP contribution in [0.3, 0.4) is 0 Å². The van der Waals surface area contributed by atoms with Crippen molar-refractivity contribution in [3.8, 4) is 0 Å². The van der Waals surface area contributed by atoms with Crippen LogP contribution in [-0.4, -0.2) is 55.9 Å². The highest BCUT2D eigenvalue weighted by molar-refractivity contribution is 5.77. The molecule has 0 aliphatic carbocycles. The molecule has 1 amide bonds. The van der Waals surface area contributed by atoms with E-state index >= 15 is 0 Å². The first-order valence-corrected chi connectivity index (χ1v) is 6.00. The predicted octanol–water partition coefficient (Wildman–Crippen LogP) is -0.258. The van der Waals surface area contributed by atoms with Crippen LogP contribution in [0.1, 0.15) is 19.3 Å². The summed E-state index contributed by atoms with van der Waals surface area (Å²) in [6, 6.07) is 0.0441. The Morgan fingerprint density at radius 2 is 2.31 bits per heavy atom. The van der Waals surface area contributed by atoms with Crippen LogP contribution < -0.4 is 5.73 Å². The average molecular weight is 228 g/mol. The number of nitrogens with zero attached hydrogens (tertiary/aromatic N) is 1. The van der Waals surface area contributed by atoms with Crippen LogP contribution in [0.25, 0.3) is 0 Å². The summed E-state index contributed by atoms with van der Waals surface area (Å²) in [5.41, 5.74) is 5.63. The molecule has 2 aliphatic rings. The van der Waals surface area contributed by atoms with Gasteiger partial charge in [-0.2, -0.15) is 0 Å². The highest BCUT2D eigenvalue weighted by atomic mass is 16.5. The lowest BCUT2D eigenvalue weighted by atomic mass is 10.1. The number of hydrogen-bond acceptors (Lipinski definition) is 4. The fourth-order valence-corrected chi connectivity index (χ4v) is 2.30. The van der Waals surface area contributed by atoms with Crippen molar-refractivity contribution >= 4 is 5.91 Å². The highest BCUT2D eigenvalue weighted by Gasteiger charge is 2.28. The van der Waals surface area contributed by atoms with Gasteiger partial charge in [-0.1, -0.05) is 0 Å². The fourth-order valence-electron chi connectivity index (χ4n) is 2.30. The van der Waals surface area contributed by atoms with Crippen molar-refractivity contribution in [3.63, 3.8) is 0 Å². The number of rotatable bonds is 3. The van der Waals surface area contributed by atoms with Gasteiger partial charge >= 0.3 is 0 Å². The van der Waals surface area contributed by atoms with Gasteiger partial charge in [-0.05, 0) is 12.8 Å². The molecular formula is C11H20N2O3. The van der Waals surface area contributed by atoms with Crippen LogP contribution in [0.15, 0.2) is 0 Å². The molecule has 2 fully saturated rings. The molecule has 2 atom stereocenters. The Kier molecular flexibility index (Phi) is 4.15. The molecule has 2 heterocycles. The average Bonchev–Trinajstić information content (AvgIpc) is 2.81. The Labute approximate surface area is 95.9 Å². The van der Waals surface area contributed by atoms with Gasteiger partial charge in [0.05, 0.1) is 31.8 Å². The second-order valence-corrected chi connectivity index (χ2v) is 4.39. The second-order valence-electron chi connectivity index (χ2n) is 4.39. The molecule has 2 saturated heterocycles. The third kappa shape index (κ3) is 2.72. The number of ether oxygens (including phenoxy) is 2. The highest BCUT2D eigenvalue weighted by Crippen LogP contribution is 2.18. The molecule has 16 heavy (non-hydrogen) atoms. The quantitative estimate of drug-likeness (QED) is 0.723. The van der Waals surface area contributed by atoms with Gasteiger partial charge in [0.1, 0.15) is 0 Å². The van der Waals surface area contributed by atoms with Crippen LogP contribution in [0.2, 0.25) is 0 Å². The first-order valence-electron chi connectivity index (χ1n) is 6.00. The Hall–Kier alpha value is -0.650. The molecule has 0 aromatic heterocycles. The minimum atomic E-state index is 0.0441. The Morgan fingerprint density at radius 1 is 1.44 bits per heavy atom. The fraction of sp³-hybridized carbons (Fsp3) is 0.909. The van der Waals surface area contributed by atoms with E-state index in [1.807, 2.05) is 4.90 Å². The first kappa shape index (κ1) is 11.8. The van der Waals surface area contributed by atoms with Crippen molar-refractivity contribution in [2.24, 2.45) is 5.73 Å². The van der Waals surface area contributed by atoms with Crippen molar-refractivity contribution < 1.29 is 14.3 Å². The van der Waals surface area contributed by atoms with Crippen LogP contribution in [0.5, 0.6) is 0 Å². The molecule has 0 saturated carbocycles. The lowest BCUT2D eigenvalue weighted by Gasteiger charge is -2.35. The molecule has 0 aromatic rings. The van der Waals surface area contributed by atoms with E-state index in [-0.39, 0.29) is 18.1 Å². The number of amides is 1. The summed E-state index contributed by atoms with van der Waals surface area (Å²) in [7, 11) is 0.